The zero-order chi connectivity index (χ0) is 15.6. The van der Waals surface area contributed by atoms with Gasteiger partial charge in [-0.3, -0.25) is 10.1 Å². The summed E-state index contributed by atoms with van der Waals surface area (Å²) >= 11 is 0. The van der Waals surface area contributed by atoms with Crippen LogP contribution in [-0.2, 0) is 0 Å². The molecule has 5 heteroatoms. The summed E-state index contributed by atoms with van der Waals surface area (Å²) in [6.07, 6.45) is 1.22. The highest BCUT2D eigenvalue weighted by atomic mass is 16.6. The van der Waals surface area contributed by atoms with Gasteiger partial charge in [0.2, 0.25) is 0 Å². The van der Waals surface area contributed by atoms with Gasteiger partial charge in [-0.2, -0.15) is 0 Å². The number of piperidine rings is 1. The Morgan fingerprint density at radius 1 is 1.50 bits per heavy atom. The number of nitrogens with zero attached hydrogens (tertiary/aromatic N) is 2. The lowest BCUT2D eigenvalue weighted by Gasteiger charge is -2.29. The van der Waals surface area contributed by atoms with Crippen molar-refractivity contribution >= 4 is 5.69 Å². The Kier molecular flexibility index (Phi) is 2.77. The lowest BCUT2D eigenvalue weighted by Crippen LogP contribution is -2.35. The van der Waals surface area contributed by atoms with Gasteiger partial charge >= 0.3 is 0 Å². The molecule has 1 heterocycles. The van der Waals surface area contributed by atoms with Gasteiger partial charge in [-0.1, -0.05) is 0 Å². The SMILES string of the molecule is [2H]C([2H])([2H])N1CCC(Oc2ccc([N+](=O)[O-])cc2C)CC1. The summed E-state index contributed by atoms with van der Waals surface area (Å²) in [5.74, 6) is 0.618. The highest BCUT2D eigenvalue weighted by molar-refractivity contribution is 5.43. The third kappa shape index (κ3) is 2.98. The highest BCUT2D eigenvalue weighted by Gasteiger charge is 2.19. The number of rotatable bonds is 3. The molecule has 5 nitrogen and oxygen atoms in total. The number of nitro benzene ring substituents is 1. The van der Waals surface area contributed by atoms with Gasteiger partial charge in [-0.25, -0.2) is 0 Å². The first-order chi connectivity index (χ1) is 9.77. The van der Waals surface area contributed by atoms with Gasteiger partial charge in [0.25, 0.3) is 5.69 Å². The van der Waals surface area contributed by atoms with E-state index in [1.165, 1.54) is 17.0 Å². The average Bonchev–Trinajstić information content (AvgIpc) is 2.40. The molecule has 0 atom stereocenters. The number of ether oxygens (including phenoxy) is 1. The van der Waals surface area contributed by atoms with Crippen molar-refractivity contribution in [2.24, 2.45) is 0 Å². The fraction of sp³-hybridized carbons (Fsp3) is 0.538. The molecule has 0 aromatic heterocycles. The molecule has 0 aliphatic carbocycles. The summed E-state index contributed by atoms with van der Waals surface area (Å²) in [5.41, 5.74) is 0.750. The minimum absolute atomic E-state index is 0.0390. The lowest BCUT2D eigenvalue weighted by atomic mass is 10.1. The summed E-state index contributed by atoms with van der Waals surface area (Å²) < 4.78 is 27.9. The molecule has 0 amide bonds. The molecule has 1 saturated heterocycles. The van der Waals surface area contributed by atoms with Gasteiger partial charge in [0, 0.05) is 29.3 Å². The van der Waals surface area contributed by atoms with E-state index < -0.39 is 11.9 Å². The van der Waals surface area contributed by atoms with Crippen LogP contribution in [0.3, 0.4) is 0 Å². The van der Waals surface area contributed by atoms with E-state index >= 15 is 0 Å². The molecular weight excluding hydrogens is 232 g/mol. The molecule has 98 valence electrons. The first-order valence-electron chi connectivity index (χ1n) is 7.44. The van der Waals surface area contributed by atoms with E-state index in [-0.39, 0.29) is 11.8 Å². The third-order valence-electron chi connectivity index (χ3n) is 3.10. The molecule has 18 heavy (non-hydrogen) atoms. The second-order valence-electron chi connectivity index (χ2n) is 4.51. The number of hydrogen-bond donors (Lipinski definition) is 0. The van der Waals surface area contributed by atoms with Gasteiger partial charge in [0.15, 0.2) is 0 Å². The maximum Gasteiger partial charge on any atom is 0.269 e. The Morgan fingerprint density at radius 2 is 2.22 bits per heavy atom. The third-order valence-corrected chi connectivity index (χ3v) is 3.10. The minimum Gasteiger partial charge on any atom is -0.490 e. The van der Waals surface area contributed by atoms with Crippen molar-refractivity contribution in [2.45, 2.75) is 25.9 Å². The van der Waals surface area contributed by atoms with Crippen LogP contribution in [0, 0.1) is 17.0 Å². The molecule has 1 aliphatic heterocycles. The van der Waals surface area contributed by atoms with E-state index in [1.54, 1.807) is 13.0 Å². The van der Waals surface area contributed by atoms with Gasteiger partial charge in [-0.15, -0.1) is 0 Å². The Bertz CT molecular complexity index is 526. The van der Waals surface area contributed by atoms with E-state index in [0.717, 1.165) is 0 Å². The van der Waals surface area contributed by atoms with Crippen LogP contribution in [-0.4, -0.2) is 36.0 Å². The lowest BCUT2D eigenvalue weighted by molar-refractivity contribution is -0.384. The van der Waals surface area contributed by atoms with E-state index in [1.807, 2.05) is 0 Å². The predicted molar refractivity (Wildman–Crippen MR) is 69.0 cm³/mol. The van der Waals surface area contributed by atoms with E-state index in [2.05, 4.69) is 0 Å². The fourth-order valence-electron chi connectivity index (χ4n) is 2.03. The van der Waals surface area contributed by atoms with Crippen molar-refractivity contribution in [2.75, 3.05) is 20.1 Å². The molecule has 0 unspecified atom stereocenters. The zero-order valence-corrected chi connectivity index (χ0v) is 10.3. The maximum atomic E-state index is 10.7. The number of aryl methyl sites for hydroxylation is 1. The van der Waals surface area contributed by atoms with Crippen molar-refractivity contribution in [3.8, 4) is 5.75 Å². The van der Waals surface area contributed by atoms with Gasteiger partial charge in [-0.05, 0) is 38.4 Å². The Labute approximate surface area is 111 Å². The quantitative estimate of drug-likeness (QED) is 0.613. The van der Waals surface area contributed by atoms with E-state index in [0.29, 0.717) is 37.2 Å². The Morgan fingerprint density at radius 3 is 2.78 bits per heavy atom. The summed E-state index contributed by atoms with van der Waals surface area (Å²) in [7, 11) is 0. The number of non-ortho nitro benzene ring substituents is 1. The van der Waals surface area contributed by atoms with Crippen LogP contribution in [0.15, 0.2) is 18.2 Å². The number of benzene rings is 1. The molecule has 0 bridgehead atoms. The largest absolute Gasteiger partial charge is 0.490 e. The van der Waals surface area contributed by atoms with Crippen LogP contribution < -0.4 is 4.74 Å². The van der Waals surface area contributed by atoms with E-state index in [9.17, 15) is 10.1 Å². The number of nitro groups is 1. The molecule has 0 spiro atoms. The van der Waals surface area contributed by atoms with Gasteiger partial charge < -0.3 is 9.64 Å². The standard InChI is InChI=1S/C13H18N2O3/c1-10-9-11(15(16)17)3-4-13(10)18-12-5-7-14(2)8-6-12/h3-4,9,12H,5-8H2,1-2H3/i2D3. The topological polar surface area (TPSA) is 55.6 Å². The first kappa shape index (κ1) is 9.33. The van der Waals surface area contributed by atoms with Crippen LogP contribution in [0.25, 0.3) is 0 Å². The van der Waals surface area contributed by atoms with Crippen molar-refractivity contribution in [1.29, 1.82) is 0 Å². The van der Waals surface area contributed by atoms with Crippen LogP contribution in [0.5, 0.6) is 5.75 Å². The summed E-state index contributed by atoms with van der Waals surface area (Å²) in [4.78, 5) is 11.7. The Hall–Kier alpha value is -1.62. The number of hydrogen-bond acceptors (Lipinski definition) is 4. The molecule has 1 aliphatic rings. The summed E-state index contributed by atoms with van der Waals surface area (Å²) in [6.45, 7) is 0.647. The molecule has 1 aromatic carbocycles. The van der Waals surface area contributed by atoms with Crippen molar-refractivity contribution in [3.05, 3.63) is 33.9 Å². The Balaban J connectivity index is 1.96. The highest BCUT2D eigenvalue weighted by Crippen LogP contribution is 2.26. The molecule has 2 rings (SSSR count). The molecular formula is C13H18N2O3. The summed E-state index contributed by atoms with van der Waals surface area (Å²) in [5, 5.41) is 10.7. The zero-order valence-electron chi connectivity index (χ0n) is 13.3. The number of likely N-dealkylation sites (tertiary alicyclic amines) is 1. The monoisotopic (exact) mass is 253 g/mol. The minimum atomic E-state index is -2.05. The second-order valence-corrected chi connectivity index (χ2v) is 4.51. The maximum absolute atomic E-state index is 10.7. The van der Waals surface area contributed by atoms with E-state index in [4.69, 9.17) is 8.85 Å². The molecule has 0 N–H and O–H groups in total. The fourth-order valence-corrected chi connectivity index (χ4v) is 2.03. The average molecular weight is 253 g/mol. The van der Waals surface area contributed by atoms with Crippen LogP contribution >= 0.6 is 0 Å². The smallest absolute Gasteiger partial charge is 0.269 e. The van der Waals surface area contributed by atoms with Gasteiger partial charge in [0.1, 0.15) is 11.9 Å². The van der Waals surface area contributed by atoms with Gasteiger partial charge in [0.05, 0.1) is 4.92 Å². The molecule has 1 aromatic rings. The van der Waals surface area contributed by atoms with Crippen molar-refractivity contribution in [1.82, 2.24) is 4.90 Å². The van der Waals surface area contributed by atoms with Crippen LogP contribution in [0.2, 0.25) is 0 Å². The van der Waals surface area contributed by atoms with Crippen molar-refractivity contribution in [3.63, 3.8) is 0 Å². The normalized spacial score (nSPS) is 20.8. The summed E-state index contributed by atoms with van der Waals surface area (Å²) in [6, 6.07) is 4.50. The molecule has 0 saturated carbocycles. The first-order valence-corrected chi connectivity index (χ1v) is 5.94. The predicted octanol–water partition coefficient (Wildman–Crippen LogP) is 2.38. The molecule has 1 fully saturated rings. The second kappa shape index (κ2) is 5.35. The van der Waals surface area contributed by atoms with Crippen LogP contribution in [0.4, 0.5) is 5.69 Å². The molecule has 0 radical (unpaired) electrons. The van der Waals surface area contributed by atoms with Crippen LogP contribution in [0.1, 0.15) is 22.5 Å². The van der Waals surface area contributed by atoms with Crippen molar-refractivity contribution < 1.29 is 13.8 Å².